The SMILES string of the molecule is N[C@H]1Cc2c(nc3c(F)cccn23)C[C@@H]1c1cc(F)c(F)cc1F. The molecule has 4 rings (SSSR count). The summed E-state index contributed by atoms with van der Waals surface area (Å²) in [7, 11) is 0. The van der Waals surface area contributed by atoms with E-state index in [2.05, 4.69) is 4.98 Å². The molecule has 2 N–H and O–H groups in total. The zero-order valence-corrected chi connectivity index (χ0v) is 12.4. The third-order valence-corrected chi connectivity index (χ3v) is 4.58. The second-order valence-electron chi connectivity index (χ2n) is 6.02. The van der Waals surface area contributed by atoms with Crippen LogP contribution in [-0.4, -0.2) is 15.4 Å². The summed E-state index contributed by atoms with van der Waals surface area (Å²) in [4.78, 5) is 4.27. The van der Waals surface area contributed by atoms with Gasteiger partial charge in [-0.2, -0.15) is 0 Å². The smallest absolute Gasteiger partial charge is 0.173 e. The maximum absolute atomic E-state index is 14.1. The fraction of sp³-hybridized carbons (Fsp3) is 0.235. The molecule has 3 nitrogen and oxygen atoms in total. The Morgan fingerprint density at radius 2 is 1.75 bits per heavy atom. The lowest BCUT2D eigenvalue weighted by Gasteiger charge is -2.29. The van der Waals surface area contributed by atoms with Crippen LogP contribution in [0.25, 0.3) is 5.65 Å². The Hall–Kier alpha value is -2.41. The number of aromatic nitrogens is 2. The maximum Gasteiger partial charge on any atom is 0.173 e. The second-order valence-corrected chi connectivity index (χ2v) is 6.02. The molecule has 0 unspecified atom stereocenters. The van der Waals surface area contributed by atoms with E-state index in [4.69, 9.17) is 5.73 Å². The zero-order chi connectivity index (χ0) is 17.0. The van der Waals surface area contributed by atoms with E-state index in [0.717, 1.165) is 11.8 Å². The second kappa shape index (κ2) is 5.31. The number of hydrogen-bond donors (Lipinski definition) is 1. The summed E-state index contributed by atoms with van der Waals surface area (Å²) in [6.07, 6.45) is 2.26. The first-order valence-corrected chi connectivity index (χ1v) is 7.50. The number of pyridine rings is 1. The molecule has 0 saturated heterocycles. The molecule has 2 atom stereocenters. The third kappa shape index (κ3) is 2.19. The molecule has 2 aromatic heterocycles. The van der Waals surface area contributed by atoms with Gasteiger partial charge < -0.3 is 10.1 Å². The molecule has 0 fully saturated rings. The van der Waals surface area contributed by atoms with Crippen molar-refractivity contribution in [2.45, 2.75) is 24.8 Å². The Morgan fingerprint density at radius 3 is 2.54 bits per heavy atom. The van der Waals surface area contributed by atoms with Crippen LogP contribution in [0.1, 0.15) is 22.9 Å². The van der Waals surface area contributed by atoms with Gasteiger partial charge in [-0.05, 0) is 30.2 Å². The summed E-state index contributed by atoms with van der Waals surface area (Å²) in [6.45, 7) is 0. The van der Waals surface area contributed by atoms with Gasteiger partial charge in [-0.25, -0.2) is 22.5 Å². The molecule has 3 aromatic rings. The standard InChI is InChI=1S/C17H13F4N3/c18-10-2-1-3-24-16-7-14(22)9(5-15(16)23-17(10)24)8-4-12(20)13(21)6-11(8)19/h1-4,6,9,14H,5,7,22H2/t9-,14+/m1/s1. The van der Waals surface area contributed by atoms with E-state index in [0.29, 0.717) is 18.2 Å². The molecule has 7 heteroatoms. The molecular weight excluding hydrogens is 322 g/mol. The van der Waals surface area contributed by atoms with Crippen molar-refractivity contribution in [3.63, 3.8) is 0 Å². The summed E-state index contributed by atoms with van der Waals surface area (Å²) in [5.74, 6) is -4.22. The van der Waals surface area contributed by atoms with Crippen molar-refractivity contribution in [2.24, 2.45) is 5.73 Å². The van der Waals surface area contributed by atoms with Gasteiger partial charge in [0.25, 0.3) is 0 Å². The average molecular weight is 335 g/mol. The molecule has 24 heavy (non-hydrogen) atoms. The summed E-state index contributed by atoms with van der Waals surface area (Å²) >= 11 is 0. The number of nitrogens with two attached hydrogens (primary N) is 1. The van der Waals surface area contributed by atoms with Crippen molar-refractivity contribution in [1.29, 1.82) is 0 Å². The van der Waals surface area contributed by atoms with Crippen molar-refractivity contribution in [3.8, 4) is 0 Å². The summed E-state index contributed by atoms with van der Waals surface area (Å²) < 4.78 is 56.2. The molecule has 0 radical (unpaired) electrons. The number of rotatable bonds is 1. The summed E-state index contributed by atoms with van der Waals surface area (Å²) in [5.41, 5.74) is 7.71. The van der Waals surface area contributed by atoms with Crippen LogP contribution < -0.4 is 5.73 Å². The number of hydrogen-bond acceptors (Lipinski definition) is 2. The van der Waals surface area contributed by atoms with E-state index in [9.17, 15) is 17.6 Å². The van der Waals surface area contributed by atoms with Gasteiger partial charge in [-0.3, -0.25) is 0 Å². The number of imidazole rings is 1. The average Bonchev–Trinajstić information content (AvgIpc) is 2.90. The Bertz CT molecular complexity index is 951. The van der Waals surface area contributed by atoms with Gasteiger partial charge in [0.05, 0.1) is 5.69 Å². The maximum atomic E-state index is 14.1. The predicted molar refractivity (Wildman–Crippen MR) is 79.6 cm³/mol. The normalized spacial score (nSPS) is 20.4. The molecule has 1 aliphatic carbocycles. The lowest BCUT2D eigenvalue weighted by atomic mass is 9.80. The van der Waals surface area contributed by atoms with Gasteiger partial charge in [0, 0.05) is 36.3 Å². The van der Waals surface area contributed by atoms with Gasteiger partial charge in [0.1, 0.15) is 5.82 Å². The van der Waals surface area contributed by atoms with Crippen LogP contribution in [-0.2, 0) is 12.8 Å². The lowest BCUT2D eigenvalue weighted by Crippen LogP contribution is -2.37. The monoisotopic (exact) mass is 335 g/mol. The minimum Gasteiger partial charge on any atom is -0.327 e. The number of fused-ring (bicyclic) bond motifs is 3. The number of benzene rings is 1. The number of nitrogens with zero attached hydrogens (tertiary/aromatic N) is 2. The molecule has 1 aromatic carbocycles. The summed E-state index contributed by atoms with van der Waals surface area (Å²) in [5, 5.41) is 0. The van der Waals surface area contributed by atoms with E-state index < -0.39 is 35.2 Å². The Labute approximate surface area is 134 Å². The van der Waals surface area contributed by atoms with Crippen molar-refractivity contribution in [2.75, 3.05) is 0 Å². The van der Waals surface area contributed by atoms with Gasteiger partial charge in [-0.1, -0.05) is 0 Å². The Morgan fingerprint density at radius 1 is 1.00 bits per heavy atom. The quantitative estimate of drug-likeness (QED) is 0.549. The molecule has 0 bridgehead atoms. The van der Waals surface area contributed by atoms with Crippen LogP contribution in [0.15, 0.2) is 30.5 Å². The predicted octanol–water partition coefficient (Wildman–Crippen LogP) is 3.10. The highest BCUT2D eigenvalue weighted by molar-refractivity contribution is 5.47. The Kier molecular flexibility index (Phi) is 3.35. The third-order valence-electron chi connectivity index (χ3n) is 4.58. The highest BCUT2D eigenvalue weighted by atomic mass is 19.2. The minimum absolute atomic E-state index is 0.0181. The molecule has 0 spiro atoms. The molecule has 0 saturated carbocycles. The van der Waals surface area contributed by atoms with Crippen LogP contribution in [0, 0.1) is 23.3 Å². The van der Waals surface area contributed by atoms with Crippen molar-refractivity contribution >= 4 is 5.65 Å². The van der Waals surface area contributed by atoms with Gasteiger partial charge in [0.2, 0.25) is 0 Å². The highest BCUT2D eigenvalue weighted by Crippen LogP contribution is 2.34. The van der Waals surface area contributed by atoms with Crippen LogP contribution in [0.4, 0.5) is 17.6 Å². The van der Waals surface area contributed by atoms with Crippen LogP contribution in [0.5, 0.6) is 0 Å². The zero-order valence-electron chi connectivity index (χ0n) is 12.4. The lowest BCUT2D eigenvalue weighted by molar-refractivity contribution is 0.446. The molecule has 0 amide bonds. The molecule has 124 valence electrons. The number of halogens is 4. The van der Waals surface area contributed by atoms with Crippen LogP contribution >= 0.6 is 0 Å². The van der Waals surface area contributed by atoms with E-state index in [-0.39, 0.29) is 17.6 Å². The van der Waals surface area contributed by atoms with E-state index >= 15 is 0 Å². The van der Waals surface area contributed by atoms with Crippen molar-refractivity contribution < 1.29 is 17.6 Å². The first kappa shape index (κ1) is 15.1. The van der Waals surface area contributed by atoms with E-state index in [1.807, 2.05) is 0 Å². The fourth-order valence-corrected chi connectivity index (χ4v) is 3.40. The van der Waals surface area contributed by atoms with Gasteiger partial charge in [0.15, 0.2) is 23.1 Å². The molecule has 1 aliphatic rings. The first-order valence-electron chi connectivity index (χ1n) is 7.50. The van der Waals surface area contributed by atoms with Crippen LogP contribution in [0.3, 0.4) is 0 Å². The summed E-state index contributed by atoms with van der Waals surface area (Å²) in [6, 6.07) is 3.73. The minimum atomic E-state index is -1.24. The van der Waals surface area contributed by atoms with Crippen LogP contribution in [0.2, 0.25) is 0 Å². The molecule has 0 aliphatic heterocycles. The van der Waals surface area contributed by atoms with E-state index in [1.54, 1.807) is 16.7 Å². The first-order chi connectivity index (χ1) is 11.5. The Balaban J connectivity index is 1.81. The molecule has 2 heterocycles. The molecular formula is C17H13F4N3. The van der Waals surface area contributed by atoms with Gasteiger partial charge >= 0.3 is 0 Å². The van der Waals surface area contributed by atoms with E-state index in [1.165, 1.54) is 6.07 Å². The highest BCUT2D eigenvalue weighted by Gasteiger charge is 2.33. The topological polar surface area (TPSA) is 43.3 Å². The largest absolute Gasteiger partial charge is 0.327 e. The van der Waals surface area contributed by atoms with Crippen molar-refractivity contribution in [3.05, 3.63) is 70.7 Å². The fourth-order valence-electron chi connectivity index (χ4n) is 3.40. The van der Waals surface area contributed by atoms with Gasteiger partial charge in [-0.15, -0.1) is 0 Å². The van der Waals surface area contributed by atoms with Crippen molar-refractivity contribution in [1.82, 2.24) is 9.38 Å².